The molecule has 0 bridgehead atoms. The van der Waals surface area contributed by atoms with Crippen molar-refractivity contribution in [3.05, 3.63) is 53.3 Å². The molecule has 1 aromatic carbocycles. The molecule has 3 rings (SSSR count). The molecule has 1 fully saturated rings. The van der Waals surface area contributed by atoms with Gasteiger partial charge in [-0.3, -0.25) is 9.67 Å². The first-order valence-corrected chi connectivity index (χ1v) is 9.59. The van der Waals surface area contributed by atoms with Gasteiger partial charge in [-0.15, -0.1) is 24.0 Å². The molecule has 1 heterocycles. The van der Waals surface area contributed by atoms with E-state index in [0.29, 0.717) is 17.9 Å². The number of nitrogens with zero attached hydrogens (tertiary/aromatic N) is 4. The van der Waals surface area contributed by atoms with Crippen LogP contribution in [0.15, 0.2) is 41.5 Å². The van der Waals surface area contributed by atoms with E-state index in [1.165, 1.54) is 23.2 Å². The lowest BCUT2D eigenvalue weighted by Gasteiger charge is -2.23. The van der Waals surface area contributed by atoms with Gasteiger partial charge in [0.1, 0.15) is 0 Å². The van der Waals surface area contributed by atoms with Gasteiger partial charge in [-0.25, -0.2) is 0 Å². The Morgan fingerprint density at radius 3 is 2.67 bits per heavy atom. The number of nitrogens with one attached hydrogen (secondary N) is 1. The van der Waals surface area contributed by atoms with Crippen LogP contribution in [0.25, 0.3) is 0 Å². The Hall–Kier alpha value is -1.57. The number of aliphatic imine (C=N–C) groups is 1. The van der Waals surface area contributed by atoms with Gasteiger partial charge in [-0.05, 0) is 24.8 Å². The monoisotopic (exact) mass is 481 g/mol. The van der Waals surface area contributed by atoms with E-state index < -0.39 is 0 Å². The second kappa shape index (κ2) is 9.57. The van der Waals surface area contributed by atoms with Gasteiger partial charge in [0.15, 0.2) is 5.96 Å². The van der Waals surface area contributed by atoms with Gasteiger partial charge in [0.25, 0.3) is 0 Å². The first kappa shape index (κ1) is 21.7. The zero-order valence-electron chi connectivity index (χ0n) is 17.0. The highest BCUT2D eigenvalue weighted by Crippen LogP contribution is 2.40. The highest BCUT2D eigenvalue weighted by Gasteiger charge is 2.39. The Kier molecular flexibility index (Phi) is 7.70. The van der Waals surface area contributed by atoms with Crippen molar-refractivity contribution in [2.45, 2.75) is 51.6 Å². The number of hydrogen-bond donors (Lipinski definition) is 1. The Labute approximate surface area is 180 Å². The summed E-state index contributed by atoms with van der Waals surface area (Å²) in [6.07, 6.45) is 3.30. The van der Waals surface area contributed by atoms with Crippen molar-refractivity contribution in [1.82, 2.24) is 20.0 Å². The number of hydrogen-bond acceptors (Lipinski definition) is 2. The van der Waals surface area contributed by atoms with E-state index in [-0.39, 0.29) is 24.0 Å². The molecule has 1 aliphatic carbocycles. The first-order chi connectivity index (χ1) is 12.5. The zero-order chi connectivity index (χ0) is 18.7. The van der Waals surface area contributed by atoms with Crippen LogP contribution in [0.1, 0.15) is 55.8 Å². The van der Waals surface area contributed by atoms with Crippen LogP contribution in [0.2, 0.25) is 0 Å². The van der Waals surface area contributed by atoms with Crippen molar-refractivity contribution in [3.8, 4) is 0 Å². The minimum absolute atomic E-state index is 0. The van der Waals surface area contributed by atoms with Crippen molar-refractivity contribution in [2.24, 2.45) is 12.0 Å². The molecule has 0 radical (unpaired) electrons. The number of aromatic nitrogens is 2. The molecule has 1 saturated carbocycles. The lowest BCUT2D eigenvalue weighted by molar-refractivity contribution is 0.471. The molecule has 0 amide bonds. The molecule has 6 heteroatoms. The van der Waals surface area contributed by atoms with Crippen LogP contribution in [-0.2, 0) is 13.6 Å². The first-order valence-electron chi connectivity index (χ1n) is 9.59. The predicted molar refractivity (Wildman–Crippen MR) is 123 cm³/mol. The lowest BCUT2D eigenvalue weighted by atomic mass is 10.1. The van der Waals surface area contributed by atoms with E-state index in [9.17, 15) is 0 Å². The maximum atomic E-state index is 4.71. The topological polar surface area (TPSA) is 45.5 Å². The van der Waals surface area contributed by atoms with E-state index >= 15 is 0 Å². The second-order valence-corrected chi connectivity index (χ2v) is 7.53. The number of halogens is 1. The minimum atomic E-state index is 0. The molecule has 5 nitrogen and oxygen atoms in total. The molecular formula is C21H32IN5. The average molecular weight is 481 g/mol. The molecule has 2 unspecified atom stereocenters. The van der Waals surface area contributed by atoms with E-state index in [4.69, 9.17) is 4.99 Å². The molecule has 0 saturated heterocycles. The molecule has 1 aromatic heterocycles. The Morgan fingerprint density at radius 2 is 2.04 bits per heavy atom. The lowest BCUT2D eigenvalue weighted by Crippen LogP contribution is -2.40. The SMILES string of the molecule is CCN=C(NC1CC1c1ccccc1)N(C)Cc1cn(C)nc1C(C)C.I. The van der Waals surface area contributed by atoms with E-state index in [2.05, 4.69) is 79.7 Å². The number of aryl methyl sites for hydroxylation is 1. The van der Waals surface area contributed by atoms with Crippen molar-refractivity contribution in [1.29, 1.82) is 0 Å². The van der Waals surface area contributed by atoms with Crippen LogP contribution in [0, 0.1) is 0 Å². The number of guanidine groups is 1. The standard InChI is InChI=1S/C21H31N5.HI/c1-6-22-21(23-19-12-18(19)16-10-8-7-9-11-16)25(4)13-17-14-26(5)24-20(17)15(2)3;/h7-11,14-15,18-19H,6,12-13H2,1-5H3,(H,22,23);1H. The highest BCUT2D eigenvalue weighted by molar-refractivity contribution is 14.0. The van der Waals surface area contributed by atoms with E-state index in [1.807, 2.05) is 11.7 Å². The third-order valence-corrected chi connectivity index (χ3v) is 4.89. The summed E-state index contributed by atoms with van der Waals surface area (Å²) in [5.41, 5.74) is 3.85. The van der Waals surface area contributed by atoms with Crippen LogP contribution in [0.5, 0.6) is 0 Å². The van der Waals surface area contributed by atoms with E-state index in [0.717, 1.165) is 19.0 Å². The van der Waals surface area contributed by atoms with Crippen LogP contribution in [0.4, 0.5) is 0 Å². The fourth-order valence-corrected chi connectivity index (χ4v) is 3.51. The summed E-state index contributed by atoms with van der Waals surface area (Å²) < 4.78 is 1.91. The molecule has 27 heavy (non-hydrogen) atoms. The van der Waals surface area contributed by atoms with Crippen LogP contribution in [0.3, 0.4) is 0 Å². The van der Waals surface area contributed by atoms with Gasteiger partial charge in [-0.1, -0.05) is 44.2 Å². The highest BCUT2D eigenvalue weighted by atomic mass is 127. The summed E-state index contributed by atoms with van der Waals surface area (Å²) in [6.45, 7) is 8.07. The molecule has 2 aromatic rings. The van der Waals surface area contributed by atoms with Gasteiger partial charge in [0.05, 0.1) is 5.69 Å². The second-order valence-electron chi connectivity index (χ2n) is 7.53. The fourth-order valence-electron chi connectivity index (χ4n) is 3.51. The summed E-state index contributed by atoms with van der Waals surface area (Å²) in [5, 5.41) is 8.29. The minimum Gasteiger partial charge on any atom is -0.353 e. The third kappa shape index (κ3) is 5.46. The van der Waals surface area contributed by atoms with Crippen LogP contribution in [-0.4, -0.2) is 40.3 Å². The van der Waals surface area contributed by atoms with Gasteiger partial charge < -0.3 is 10.2 Å². The summed E-state index contributed by atoms with van der Waals surface area (Å²) >= 11 is 0. The summed E-state index contributed by atoms with van der Waals surface area (Å²) in [5.74, 6) is 2.00. The summed E-state index contributed by atoms with van der Waals surface area (Å²) in [6, 6.07) is 11.2. The fraction of sp³-hybridized carbons (Fsp3) is 0.524. The molecule has 1 aliphatic rings. The van der Waals surface area contributed by atoms with Crippen LogP contribution < -0.4 is 5.32 Å². The van der Waals surface area contributed by atoms with Gasteiger partial charge >= 0.3 is 0 Å². The smallest absolute Gasteiger partial charge is 0.194 e. The molecule has 2 atom stereocenters. The summed E-state index contributed by atoms with van der Waals surface area (Å²) in [4.78, 5) is 6.93. The van der Waals surface area contributed by atoms with Crippen molar-refractivity contribution in [3.63, 3.8) is 0 Å². The van der Waals surface area contributed by atoms with Crippen molar-refractivity contribution in [2.75, 3.05) is 13.6 Å². The Balaban J connectivity index is 0.00000261. The largest absolute Gasteiger partial charge is 0.353 e. The van der Waals surface area contributed by atoms with E-state index in [1.54, 1.807) is 0 Å². The normalized spacial score (nSPS) is 19.0. The number of benzene rings is 1. The Bertz CT molecular complexity index is 753. The summed E-state index contributed by atoms with van der Waals surface area (Å²) in [7, 11) is 4.10. The molecule has 1 N–H and O–H groups in total. The third-order valence-electron chi connectivity index (χ3n) is 4.89. The molecular weight excluding hydrogens is 449 g/mol. The average Bonchev–Trinajstić information content (AvgIpc) is 3.29. The quantitative estimate of drug-likeness (QED) is 0.384. The van der Waals surface area contributed by atoms with Crippen molar-refractivity contribution < 1.29 is 0 Å². The maximum Gasteiger partial charge on any atom is 0.194 e. The maximum absolute atomic E-state index is 4.71. The Morgan fingerprint density at radius 1 is 1.33 bits per heavy atom. The van der Waals surface area contributed by atoms with Crippen molar-refractivity contribution >= 4 is 29.9 Å². The molecule has 148 valence electrons. The van der Waals surface area contributed by atoms with Gasteiger partial charge in [0.2, 0.25) is 0 Å². The number of rotatable bonds is 6. The molecule has 0 spiro atoms. The van der Waals surface area contributed by atoms with Gasteiger partial charge in [0, 0.05) is 50.9 Å². The van der Waals surface area contributed by atoms with Gasteiger partial charge in [-0.2, -0.15) is 5.10 Å². The van der Waals surface area contributed by atoms with Crippen LogP contribution >= 0.6 is 24.0 Å². The predicted octanol–water partition coefficient (Wildman–Crippen LogP) is 4.11. The zero-order valence-corrected chi connectivity index (χ0v) is 19.3. The molecule has 0 aliphatic heterocycles.